The molecule has 0 spiro atoms. The highest BCUT2D eigenvalue weighted by atomic mass is 35.5. The topological polar surface area (TPSA) is 89.8 Å². The van der Waals surface area contributed by atoms with Gasteiger partial charge in [0.05, 0.1) is 22.2 Å². The number of allylic oxidation sites excluding steroid dienone is 1. The van der Waals surface area contributed by atoms with Gasteiger partial charge in [-0.1, -0.05) is 35.1 Å². The third-order valence-corrected chi connectivity index (χ3v) is 7.57. The van der Waals surface area contributed by atoms with Crippen LogP contribution in [0.4, 0.5) is 5.69 Å². The number of nitrogens with one attached hydrogen (secondary N) is 1. The van der Waals surface area contributed by atoms with Gasteiger partial charge in [0.2, 0.25) is 0 Å². The number of carbonyl (C=O) groups is 1. The molecule has 0 saturated heterocycles. The van der Waals surface area contributed by atoms with Crippen LogP contribution in [-0.4, -0.2) is 26.0 Å². The Balaban J connectivity index is 1.67. The van der Waals surface area contributed by atoms with Crippen molar-refractivity contribution in [1.29, 1.82) is 0 Å². The number of aromatic nitrogens is 1. The number of anilines is 1. The molecule has 10 heteroatoms. The van der Waals surface area contributed by atoms with Crippen molar-refractivity contribution in [3.8, 4) is 5.75 Å². The number of ether oxygens (including phenoxy) is 1. The Kier molecular flexibility index (Phi) is 6.87. The van der Waals surface area contributed by atoms with Crippen LogP contribution < -0.4 is 14.3 Å². The number of thiazole rings is 1. The van der Waals surface area contributed by atoms with Gasteiger partial charge < -0.3 is 9.30 Å². The monoisotopic (exact) mass is 513 g/mol. The first-order chi connectivity index (χ1) is 16.3. The van der Waals surface area contributed by atoms with Crippen LogP contribution in [0.25, 0.3) is 10.2 Å². The van der Waals surface area contributed by atoms with Crippen molar-refractivity contribution in [2.45, 2.75) is 11.4 Å². The molecule has 7 nitrogen and oxygen atoms in total. The van der Waals surface area contributed by atoms with E-state index in [0.717, 1.165) is 10.2 Å². The quantitative estimate of drug-likeness (QED) is 0.348. The summed E-state index contributed by atoms with van der Waals surface area (Å²) in [7, 11) is -2.25. The molecule has 0 saturated carbocycles. The van der Waals surface area contributed by atoms with E-state index in [1.165, 1.54) is 41.7 Å². The lowest BCUT2D eigenvalue weighted by Crippen LogP contribution is -2.16. The smallest absolute Gasteiger partial charge is 0.279 e. The first-order valence-corrected chi connectivity index (χ1v) is 12.7. The standard InChI is InChI=1S/C24H20ClN3O4S2/c1-3-13-28-21-12-9-19(32-2)15-22(21)33-24(28)26-23(29)16-5-4-6-18(14-16)27-34(30,31)20-10-7-17(25)8-11-20/h3-12,14-15,27H,1,13H2,2H3. The van der Waals surface area contributed by atoms with Gasteiger partial charge in [0.25, 0.3) is 15.9 Å². The van der Waals surface area contributed by atoms with E-state index in [9.17, 15) is 13.2 Å². The van der Waals surface area contributed by atoms with Gasteiger partial charge >= 0.3 is 0 Å². The molecule has 4 aromatic rings. The van der Waals surface area contributed by atoms with E-state index >= 15 is 0 Å². The number of sulfonamides is 1. The van der Waals surface area contributed by atoms with Crippen molar-refractivity contribution < 1.29 is 17.9 Å². The molecule has 0 aliphatic rings. The van der Waals surface area contributed by atoms with E-state index in [1.807, 2.05) is 22.8 Å². The minimum Gasteiger partial charge on any atom is -0.497 e. The summed E-state index contributed by atoms with van der Waals surface area (Å²) < 4.78 is 35.9. The molecular formula is C24H20ClN3O4S2. The maximum atomic E-state index is 13.0. The molecule has 0 radical (unpaired) electrons. The van der Waals surface area contributed by atoms with Gasteiger partial charge in [0.15, 0.2) is 4.80 Å². The Hall–Kier alpha value is -3.40. The number of methoxy groups -OCH3 is 1. The molecular weight excluding hydrogens is 494 g/mol. The van der Waals surface area contributed by atoms with E-state index < -0.39 is 15.9 Å². The first-order valence-electron chi connectivity index (χ1n) is 10.1. The van der Waals surface area contributed by atoms with Gasteiger partial charge in [-0.05, 0) is 60.7 Å². The summed E-state index contributed by atoms with van der Waals surface area (Å²) in [5.74, 6) is 0.210. The van der Waals surface area contributed by atoms with Gasteiger partial charge in [-0.2, -0.15) is 4.99 Å². The number of carbonyl (C=O) groups excluding carboxylic acids is 1. The molecule has 0 aliphatic heterocycles. The molecule has 0 unspecified atom stereocenters. The number of amides is 1. The van der Waals surface area contributed by atoms with Gasteiger partial charge in [0.1, 0.15) is 5.75 Å². The molecule has 0 bridgehead atoms. The van der Waals surface area contributed by atoms with Crippen LogP contribution in [0.15, 0.2) is 89.3 Å². The van der Waals surface area contributed by atoms with Crippen LogP contribution in [0.5, 0.6) is 5.75 Å². The lowest BCUT2D eigenvalue weighted by atomic mass is 10.2. The summed E-state index contributed by atoms with van der Waals surface area (Å²) in [6.45, 7) is 4.26. The molecule has 0 aliphatic carbocycles. The minimum absolute atomic E-state index is 0.0597. The summed E-state index contributed by atoms with van der Waals surface area (Å²) in [4.78, 5) is 17.8. The van der Waals surface area contributed by atoms with Crippen molar-refractivity contribution in [3.63, 3.8) is 0 Å². The van der Waals surface area contributed by atoms with Gasteiger partial charge in [-0.15, -0.1) is 6.58 Å². The highest BCUT2D eigenvalue weighted by Crippen LogP contribution is 2.24. The fraction of sp³-hybridized carbons (Fsp3) is 0.0833. The van der Waals surface area contributed by atoms with Crippen LogP contribution >= 0.6 is 22.9 Å². The number of fused-ring (bicyclic) bond motifs is 1. The molecule has 34 heavy (non-hydrogen) atoms. The van der Waals surface area contributed by atoms with Gasteiger partial charge in [-0.3, -0.25) is 9.52 Å². The van der Waals surface area contributed by atoms with E-state index in [0.29, 0.717) is 22.1 Å². The van der Waals surface area contributed by atoms with Crippen LogP contribution in [0.3, 0.4) is 0 Å². The van der Waals surface area contributed by atoms with E-state index in [1.54, 1.807) is 31.4 Å². The predicted octanol–water partition coefficient (Wildman–Crippen LogP) is 5.09. The lowest BCUT2D eigenvalue weighted by molar-refractivity contribution is 0.0998. The largest absolute Gasteiger partial charge is 0.497 e. The van der Waals surface area contributed by atoms with Crippen LogP contribution in [0.2, 0.25) is 5.02 Å². The predicted molar refractivity (Wildman–Crippen MR) is 135 cm³/mol. The molecule has 4 rings (SSSR count). The van der Waals surface area contributed by atoms with Crippen molar-refractivity contribution in [2.75, 3.05) is 11.8 Å². The summed E-state index contributed by atoms with van der Waals surface area (Å²) >= 11 is 7.19. The summed E-state index contributed by atoms with van der Waals surface area (Å²) in [5.41, 5.74) is 1.40. The number of hydrogen-bond donors (Lipinski definition) is 1. The summed E-state index contributed by atoms with van der Waals surface area (Å²) in [6.07, 6.45) is 1.73. The molecule has 1 amide bonds. The molecule has 3 aromatic carbocycles. The Bertz CT molecular complexity index is 1560. The van der Waals surface area contributed by atoms with E-state index in [4.69, 9.17) is 16.3 Å². The van der Waals surface area contributed by atoms with E-state index in [-0.39, 0.29) is 16.1 Å². The van der Waals surface area contributed by atoms with Gasteiger partial charge in [-0.25, -0.2) is 8.42 Å². The van der Waals surface area contributed by atoms with Crippen molar-refractivity contribution in [3.05, 3.63) is 94.8 Å². The minimum atomic E-state index is -3.85. The van der Waals surface area contributed by atoms with Crippen molar-refractivity contribution in [1.82, 2.24) is 4.57 Å². The normalized spacial score (nSPS) is 12.0. The van der Waals surface area contributed by atoms with Crippen LogP contribution in [0.1, 0.15) is 10.4 Å². The summed E-state index contributed by atoms with van der Waals surface area (Å²) in [6, 6.07) is 17.6. The molecule has 0 atom stereocenters. The molecule has 1 N–H and O–H groups in total. The number of hydrogen-bond acceptors (Lipinski definition) is 5. The Morgan fingerprint density at radius 3 is 2.65 bits per heavy atom. The lowest BCUT2D eigenvalue weighted by Gasteiger charge is -2.09. The average Bonchev–Trinajstić information content (AvgIpc) is 3.15. The molecule has 1 heterocycles. The Morgan fingerprint density at radius 1 is 1.18 bits per heavy atom. The van der Waals surface area contributed by atoms with Crippen LogP contribution in [-0.2, 0) is 16.6 Å². The fourth-order valence-corrected chi connectivity index (χ4v) is 5.51. The highest BCUT2D eigenvalue weighted by Gasteiger charge is 2.15. The third-order valence-electron chi connectivity index (χ3n) is 4.88. The molecule has 174 valence electrons. The Labute approximate surface area is 205 Å². The highest BCUT2D eigenvalue weighted by molar-refractivity contribution is 7.92. The zero-order valence-electron chi connectivity index (χ0n) is 18.1. The zero-order chi connectivity index (χ0) is 24.3. The van der Waals surface area contributed by atoms with Crippen molar-refractivity contribution >= 4 is 54.8 Å². The molecule has 1 aromatic heterocycles. The second-order valence-electron chi connectivity index (χ2n) is 7.17. The number of halogens is 1. The fourth-order valence-electron chi connectivity index (χ4n) is 3.27. The zero-order valence-corrected chi connectivity index (χ0v) is 20.5. The third kappa shape index (κ3) is 5.06. The molecule has 0 fully saturated rings. The SMILES string of the molecule is C=CCn1c(=NC(=O)c2cccc(NS(=O)(=O)c3ccc(Cl)cc3)c2)sc2cc(OC)ccc21. The second-order valence-corrected chi connectivity index (χ2v) is 10.3. The number of rotatable bonds is 7. The van der Waals surface area contributed by atoms with Gasteiger partial charge in [0, 0.05) is 22.8 Å². The maximum Gasteiger partial charge on any atom is 0.279 e. The first kappa shape index (κ1) is 23.7. The average molecular weight is 514 g/mol. The number of nitrogens with zero attached hydrogens (tertiary/aromatic N) is 2. The number of benzene rings is 3. The second kappa shape index (κ2) is 9.84. The van der Waals surface area contributed by atoms with Crippen LogP contribution in [0, 0.1) is 0 Å². The Morgan fingerprint density at radius 2 is 1.94 bits per heavy atom. The van der Waals surface area contributed by atoms with Crippen molar-refractivity contribution in [2.24, 2.45) is 4.99 Å². The summed E-state index contributed by atoms with van der Waals surface area (Å²) in [5, 5.41) is 0.432. The van der Waals surface area contributed by atoms with E-state index in [2.05, 4.69) is 16.3 Å². The maximum absolute atomic E-state index is 13.0.